The Hall–Kier alpha value is -3.92. The van der Waals surface area contributed by atoms with E-state index in [0.717, 1.165) is 6.07 Å². The number of methoxy groups -OCH3 is 1. The Bertz CT molecular complexity index is 1300. The van der Waals surface area contributed by atoms with E-state index in [0.29, 0.717) is 34.3 Å². The van der Waals surface area contributed by atoms with Crippen molar-refractivity contribution in [3.8, 4) is 17.2 Å². The maximum atomic E-state index is 13.3. The highest BCUT2D eigenvalue weighted by molar-refractivity contribution is 6.31. The molecule has 4 rings (SSSR count). The average Bonchev–Trinajstić information content (AvgIpc) is 3.33. The first-order chi connectivity index (χ1) is 15.4. The van der Waals surface area contributed by atoms with Gasteiger partial charge in [0.1, 0.15) is 23.0 Å². The quantitative estimate of drug-likeness (QED) is 0.451. The fourth-order valence-corrected chi connectivity index (χ4v) is 3.20. The Kier molecular flexibility index (Phi) is 5.78. The van der Waals surface area contributed by atoms with E-state index in [1.165, 1.54) is 16.8 Å². The molecular formula is C21H18ClFN6O3. The molecule has 11 heteroatoms. The fraction of sp³-hybridized carbons (Fsp3) is 0.143. The van der Waals surface area contributed by atoms with Gasteiger partial charge in [0, 0.05) is 5.69 Å². The van der Waals surface area contributed by atoms with Crippen LogP contribution < -0.4 is 15.8 Å². The number of rotatable bonds is 6. The van der Waals surface area contributed by atoms with Crippen LogP contribution in [-0.2, 0) is 6.54 Å². The molecule has 0 atom stereocenters. The van der Waals surface area contributed by atoms with Crippen molar-refractivity contribution in [2.45, 2.75) is 13.5 Å². The zero-order valence-corrected chi connectivity index (χ0v) is 17.9. The minimum atomic E-state index is -0.608. The highest BCUT2D eigenvalue weighted by Gasteiger charge is 2.21. The van der Waals surface area contributed by atoms with Crippen LogP contribution in [0.3, 0.4) is 0 Å². The van der Waals surface area contributed by atoms with E-state index in [1.54, 1.807) is 14.0 Å². The van der Waals surface area contributed by atoms with Crippen molar-refractivity contribution in [2.24, 2.45) is 0 Å². The fourth-order valence-electron chi connectivity index (χ4n) is 3.02. The summed E-state index contributed by atoms with van der Waals surface area (Å²) in [5.41, 5.74) is 7.57. The van der Waals surface area contributed by atoms with Crippen molar-refractivity contribution in [3.63, 3.8) is 0 Å². The number of halogens is 2. The standard InChI is InChI=1S/C21H18ClFN6O3/c1-11-16(26-21(32-11)13-5-3-4-6-17(13)31-2)10-29-19(24)18(27-28-29)20(30)25-12-7-8-15(23)14(22)9-12/h3-9H,10,24H2,1-2H3,(H,25,30). The Morgan fingerprint density at radius 3 is 2.84 bits per heavy atom. The molecule has 4 aromatic rings. The number of aromatic nitrogens is 4. The van der Waals surface area contributed by atoms with Crippen LogP contribution in [-0.4, -0.2) is 33.0 Å². The van der Waals surface area contributed by atoms with E-state index in [2.05, 4.69) is 20.6 Å². The number of aryl methyl sites for hydroxylation is 1. The van der Waals surface area contributed by atoms with Gasteiger partial charge in [-0.3, -0.25) is 4.79 Å². The summed E-state index contributed by atoms with van der Waals surface area (Å²) in [5.74, 6) is 0.415. The maximum Gasteiger partial charge on any atom is 0.280 e. The van der Waals surface area contributed by atoms with Crippen molar-refractivity contribution >= 4 is 29.0 Å². The lowest BCUT2D eigenvalue weighted by atomic mass is 10.2. The van der Waals surface area contributed by atoms with Crippen LogP contribution >= 0.6 is 11.6 Å². The number of ether oxygens (including phenoxy) is 1. The van der Waals surface area contributed by atoms with Gasteiger partial charge in [0.2, 0.25) is 5.89 Å². The largest absolute Gasteiger partial charge is 0.496 e. The topological polar surface area (TPSA) is 121 Å². The van der Waals surface area contributed by atoms with Gasteiger partial charge in [0.15, 0.2) is 11.5 Å². The predicted molar refractivity (Wildman–Crippen MR) is 116 cm³/mol. The first kappa shape index (κ1) is 21.3. The second-order valence-electron chi connectivity index (χ2n) is 6.79. The summed E-state index contributed by atoms with van der Waals surface area (Å²) in [4.78, 5) is 17.1. The van der Waals surface area contributed by atoms with Crippen LogP contribution in [0.25, 0.3) is 11.5 Å². The summed E-state index contributed by atoms with van der Waals surface area (Å²) in [6, 6.07) is 11.1. The van der Waals surface area contributed by atoms with Gasteiger partial charge in [0.05, 0.1) is 24.2 Å². The van der Waals surface area contributed by atoms with Crippen molar-refractivity contribution in [3.05, 3.63) is 70.5 Å². The highest BCUT2D eigenvalue weighted by Crippen LogP contribution is 2.30. The number of oxazole rings is 1. The molecule has 3 N–H and O–H groups in total. The number of nitrogens with zero attached hydrogens (tertiary/aromatic N) is 4. The Morgan fingerprint density at radius 2 is 2.09 bits per heavy atom. The molecule has 0 saturated carbocycles. The van der Waals surface area contributed by atoms with Gasteiger partial charge in [-0.2, -0.15) is 0 Å². The smallest absolute Gasteiger partial charge is 0.280 e. The minimum absolute atomic E-state index is 0.0388. The molecule has 2 aromatic carbocycles. The summed E-state index contributed by atoms with van der Waals surface area (Å²) in [5, 5.41) is 10.3. The van der Waals surface area contributed by atoms with E-state index in [1.807, 2.05) is 24.3 Å². The van der Waals surface area contributed by atoms with Crippen LogP contribution in [0.4, 0.5) is 15.9 Å². The maximum absolute atomic E-state index is 13.3. The van der Waals surface area contributed by atoms with Crippen LogP contribution in [0.5, 0.6) is 5.75 Å². The van der Waals surface area contributed by atoms with Crippen LogP contribution in [0.2, 0.25) is 5.02 Å². The number of hydrogen-bond acceptors (Lipinski definition) is 7. The van der Waals surface area contributed by atoms with Crippen molar-refractivity contribution in [1.82, 2.24) is 20.0 Å². The van der Waals surface area contributed by atoms with Crippen LogP contribution in [0.1, 0.15) is 21.9 Å². The number of hydrogen-bond donors (Lipinski definition) is 2. The number of nitrogen functional groups attached to an aromatic ring is 1. The molecule has 0 aliphatic rings. The summed E-state index contributed by atoms with van der Waals surface area (Å²) in [6.07, 6.45) is 0. The number of nitrogens with two attached hydrogens (primary N) is 1. The summed E-state index contributed by atoms with van der Waals surface area (Å²) in [6.45, 7) is 1.90. The van der Waals surface area contributed by atoms with Gasteiger partial charge in [-0.05, 0) is 37.3 Å². The van der Waals surface area contributed by atoms with Crippen LogP contribution in [0.15, 0.2) is 46.9 Å². The van der Waals surface area contributed by atoms with Gasteiger partial charge in [-0.25, -0.2) is 14.1 Å². The van der Waals surface area contributed by atoms with Gasteiger partial charge in [-0.15, -0.1) is 5.10 Å². The first-order valence-electron chi connectivity index (χ1n) is 9.42. The molecule has 2 aromatic heterocycles. The zero-order chi connectivity index (χ0) is 22.8. The number of nitrogens with one attached hydrogen (secondary N) is 1. The number of carbonyl (C=O) groups is 1. The molecule has 0 bridgehead atoms. The monoisotopic (exact) mass is 456 g/mol. The van der Waals surface area contributed by atoms with Crippen molar-refractivity contribution in [1.29, 1.82) is 0 Å². The average molecular weight is 457 g/mol. The first-order valence-corrected chi connectivity index (χ1v) is 9.80. The molecule has 0 aliphatic heterocycles. The number of amides is 1. The minimum Gasteiger partial charge on any atom is -0.496 e. The lowest BCUT2D eigenvalue weighted by Crippen LogP contribution is -2.15. The molecule has 0 saturated heterocycles. The van der Waals surface area contributed by atoms with Gasteiger partial charge >= 0.3 is 0 Å². The molecule has 0 radical (unpaired) electrons. The Balaban J connectivity index is 1.55. The molecule has 1 amide bonds. The third-order valence-electron chi connectivity index (χ3n) is 4.70. The number of carbonyl (C=O) groups excluding carboxylic acids is 1. The molecule has 2 heterocycles. The van der Waals surface area contributed by atoms with E-state index in [4.69, 9.17) is 26.5 Å². The number of para-hydroxylation sites is 1. The molecule has 9 nitrogen and oxygen atoms in total. The third-order valence-corrected chi connectivity index (χ3v) is 4.99. The van der Waals surface area contributed by atoms with Gasteiger partial charge < -0.3 is 20.2 Å². The Labute approximate surface area is 187 Å². The molecule has 0 fully saturated rings. The van der Waals surface area contributed by atoms with Gasteiger partial charge in [0.25, 0.3) is 5.91 Å². The molecule has 0 aliphatic carbocycles. The Morgan fingerprint density at radius 1 is 1.31 bits per heavy atom. The van der Waals surface area contributed by atoms with E-state index in [9.17, 15) is 9.18 Å². The summed E-state index contributed by atoms with van der Waals surface area (Å²) < 4.78 is 25.8. The summed E-state index contributed by atoms with van der Waals surface area (Å²) >= 11 is 5.74. The van der Waals surface area contributed by atoms with Crippen LogP contribution in [0, 0.1) is 12.7 Å². The van der Waals surface area contributed by atoms with E-state index in [-0.39, 0.29) is 23.1 Å². The molecule has 0 unspecified atom stereocenters. The zero-order valence-electron chi connectivity index (χ0n) is 17.1. The summed E-state index contributed by atoms with van der Waals surface area (Å²) in [7, 11) is 1.57. The number of anilines is 2. The molecule has 0 spiro atoms. The van der Waals surface area contributed by atoms with E-state index < -0.39 is 11.7 Å². The van der Waals surface area contributed by atoms with Crippen molar-refractivity contribution in [2.75, 3.05) is 18.2 Å². The molecular weight excluding hydrogens is 439 g/mol. The highest BCUT2D eigenvalue weighted by atomic mass is 35.5. The lowest BCUT2D eigenvalue weighted by Gasteiger charge is -2.05. The number of benzene rings is 2. The van der Waals surface area contributed by atoms with Crippen molar-refractivity contribution < 1.29 is 18.3 Å². The van der Waals surface area contributed by atoms with E-state index >= 15 is 0 Å². The molecule has 164 valence electrons. The normalized spacial score (nSPS) is 10.9. The predicted octanol–water partition coefficient (Wildman–Crippen LogP) is 3.93. The lowest BCUT2D eigenvalue weighted by molar-refractivity contribution is 0.102. The SMILES string of the molecule is COc1ccccc1-c1nc(Cn2nnc(C(=O)Nc3ccc(F)c(Cl)c3)c2N)c(C)o1. The van der Waals surface area contributed by atoms with Gasteiger partial charge in [-0.1, -0.05) is 28.9 Å². The second-order valence-corrected chi connectivity index (χ2v) is 7.19. The molecule has 32 heavy (non-hydrogen) atoms. The second kappa shape index (κ2) is 8.67. The third kappa shape index (κ3) is 4.12.